The van der Waals surface area contributed by atoms with Crippen LogP contribution in [-0.4, -0.2) is 36.6 Å². The maximum absolute atomic E-state index is 13.8. The highest BCUT2D eigenvalue weighted by molar-refractivity contribution is 7.07. The first-order chi connectivity index (χ1) is 14.3. The second-order valence-corrected chi connectivity index (χ2v) is 8.20. The van der Waals surface area contributed by atoms with Crippen LogP contribution in [0.2, 0.25) is 5.02 Å². The van der Waals surface area contributed by atoms with Crippen molar-refractivity contribution < 1.29 is 22.4 Å². The number of rotatable bonds is 2. The Balaban J connectivity index is 1.54. The number of benzene rings is 1. The van der Waals surface area contributed by atoms with E-state index in [1.54, 1.807) is 5.51 Å². The molecule has 0 spiro atoms. The minimum absolute atomic E-state index is 0.265. The molecule has 1 amide bonds. The van der Waals surface area contributed by atoms with E-state index >= 15 is 0 Å². The minimum Gasteiger partial charge on any atom is -0.324 e. The molecule has 2 unspecified atom stereocenters. The van der Waals surface area contributed by atoms with E-state index in [0.717, 1.165) is 6.07 Å². The number of fused-ring (bicyclic) bond motifs is 4. The first-order valence-corrected chi connectivity index (χ1v) is 10.3. The molecular weight excluding hydrogens is 446 g/mol. The highest BCUT2D eigenvalue weighted by Gasteiger charge is 2.47. The van der Waals surface area contributed by atoms with Gasteiger partial charge < -0.3 is 9.47 Å². The Morgan fingerprint density at radius 3 is 2.73 bits per heavy atom. The van der Waals surface area contributed by atoms with Gasteiger partial charge in [-0.3, -0.25) is 4.79 Å². The van der Waals surface area contributed by atoms with E-state index in [1.165, 1.54) is 16.2 Å². The average Bonchev–Trinajstić information content (AvgIpc) is 3.39. The van der Waals surface area contributed by atoms with Crippen LogP contribution >= 0.6 is 22.9 Å². The molecule has 0 saturated carbocycles. The Morgan fingerprint density at radius 1 is 1.23 bits per heavy atom. The van der Waals surface area contributed by atoms with Crippen molar-refractivity contribution in [2.24, 2.45) is 0 Å². The largest absolute Gasteiger partial charge is 0.420 e. The molecule has 3 aromatic rings. The van der Waals surface area contributed by atoms with E-state index in [9.17, 15) is 22.4 Å². The molecule has 1 aromatic carbocycles. The number of alkyl halides is 3. The van der Waals surface area contributed by atoms with Crippen LogP contribution < -0.4 is 0 Å². The zero-order valence-corrected chi connectivity index (χ0v) is 16.6. The van der Waals surface area contributed by atoms with E-state index in [1.807, 2.05) is 9.95 Å². The molecule has 2 aliphatic heterocycles. The number of aromatic nitrogens is 4. The second-order valence-electron chi connectivity index (χ2n) is 7.11. The average molecular weight is 458 g/mol. The lowest BCUT2D eigenvalue weighted by atomic mass is 10.1. The summed E-state index contributed by atoms with van der Waals surface area (Å²) in [5, 5.41) is 9.33. The standard InChI is InChI=1S/C18H12ClF4N5OS/c19-14-9(2-3-10(20)13(14)18(21,22)23)17(29)28-8-1-4-12(28)16-26-25-15(27(16)5-8)11-6-30-7-24-11/h2-3,6-8,12H,1,4-5H2. The molecule has 2 atom stereocenters. The van der Waals surface area contributed by atoms with Crippen molar-refractivity contribution in [3.05, 3.63) is 50.8 Å². The maximum atomic E-state index is 13.8. The second kappa shape index (κ2) is 6.74. The van der Waals surface area contributed by atoms with Crippen molar-refractivity contribution in [3.8, 4) is 11.5 Å². The molecule has 0 N–H and O–H groups in total. The summed E-state index contributed by atoms with van der Waals surface area (Å²) in [6.07, 6.45) is -3.77. The summed E-state index contributed by atoms with van der Waals surface area (Å²) < 4.78 is 55.3. The first-order valence-electron chi connectivity index (χ1n) is 8.97. The number of halogens is 5. The molecule has 30 heavy (non-hydrogen) atoms. The molecule has 2 aromatic heterocycles. The topological polar surface area (TPSA) is 63.9 Å². The van der Waals surface area contributed by atoms with Crippen molar-refractivity contribution in [1.82, 2.24) is 24.6 Å². The molecule has 6 nitrogen and oxygen atoms in total. The number of amides is 1. The van der Waals surface area contributed by atoms with Crippen LogP contribution in [0.4, 0.5) is 17.6 Å². The third-order valence-electron chi connectivity index (χ3n) is 5.47. The number of nitrogens with zero attached hydrogens (tertiary/aromatic N) is 5. The molecule has 4 heterocycles. The highest BCUT2D eigenvalue weighted by Crippen LogP contribution is 2.44. The predicted molar refractivity (Wildman–Crippen MR) is 99.5 cm³/mol. The van der Waals surface area contributed by atoms with Crippen molar-refractivity contribution in [2.45, 2.75) is 37.6 Å². The molecule has 156 valence electrons. The van der Waals surface area contributed by atoms with Gasteiger partial charge in [-0.2, -0.15) is 13.2 Å². The molecule has 0 radical (unpaired) electrons. The smallest absolute Gasteiger partial charge is 0.324 e. The number of thiazole rings is 1. The van der Waals surface area contributed by atoms with Crippen LogP contribution in [0, 0.1) is 5.82 Å². The lowest BCUT2D eigenvalue weighted by Crippen LogP contribution is -2.44. The summed E-state index contributed by atoms with van der Waals surface area (Å²) in [7, 11) is 0. The molecule has 5 rings (SSSR count). The third kappa shape index (κ3) is 2.83. The van der Waals surface area contributed by atoms with Gasteiger partial charge in [0.05, 0.1) is 28.2 Å². The van der Waals surface area contributed by atoms with Crippen LogP contribution in [-0.2, 0) is 12.7 Å². The predicted octanol–water partition coefficient (Wildman–Crippen LogP) is 4.57. The third-order valence-corrected chi connectivity index (χ3v) is 6.45. The Hall–Kier alpha value is -2.53. The van der Waals surface area contributed by atoms with Crippen molar-refractivity contribution >= 4 is 28.8 Å². The van der Waals surface area contributed by atoms with Gasteiger partial charge in [-0.1, -0.05) is 11.6 Å². The molecule has 12 heteroatoms. The van der Waals surface area contributed by atoms with Gasteiger partial charge in [0.15, 0.2) is 11.6 Å². The van der Waals surface area contributed by atoms with E-state index in [-0.39, 0.29) is 11.6 Å². The monoisotopic (exact) mass is 457 g/mol. The quantitative estimate of drug-likeness (QED) is 0.529. The molecule has 0 aliphatic carbocycles. The first kappa shape index (κ1) is 19.4. The van der Waals surface area contributed by atoms with Crippen molar-refractivity contribution in [3.63, 3.8) is 0 Å². The summed E-state index contributed by atoms with van der Waals surface area (Å²) >= 11 is 7.27. The van der Waals surface area contributed by atoms with E-state index in [0.29, 0.717) is 42.8 Å². The van der Waals surface area contributed by atoms with E-state index < -0.39 is 34.5 Å². The van der Waals surface area contributed by atoms with Gasteiger partial charge in [-0.05, 0) is 25.0 Å². The van der Waals surface area contributed by atoms with Gasteiger partial charge in [-0.25, -0.2) is 9.37 Å². The Bertz CT molecular complexity index is 1150. The summed E-state index contributed by atoms with van der Waals surface area (Å²) in [6.45, 7) is 0.391. The SMILES string of the molecule is O=C(c1ccc(F)c(C(F)(F)F)c1Cl)N1C2CCC1c1nnc(-c3cscn3)n1C2. The Morgan fingerprint density at radius 2 is 2.03 bits per heavy atom. The summed E-state index contributed by atoms with van der Waals surface area (Å²) in [4.78, 5) is 18.9. The highest BCUT2D eigenvalue weighted by atomic mass is 35.5. The Labute approximate surface area is 176 Å². The number of carbonyl (C=O) groups excluding carboxylic acids is 1. The number of hydrogen-bond acceptors (Lipinski definition) is 5. The van der Waals surface area contributed by atoms with Gasteiger partial charge in [0, 0.05) is 11.9 Å². The fourth-order valence-corrected chi connectivity index (χ4v) is 5.08. The zero-order valence-electron chi connectivity index (χ0n) is 15.0. The molecule has 2 bridgehead atoms. The van der Waals surface area contributed by atoms with Gasteiger partial charge >= 0.3 is 6.18 Å². The van der Waals surface area contributed by atoms with Crippen LogP contribution in [0.5, 0.6) is 0 Å². The molecule has 2 aliphatic rings. The lowest BCUT2D eigenvalue weighted by Gasteiger charge is -2.35. The van der Waals surface area contributed by atoms with Crippen LogP contribution in [0.15, 0.2) is 23.0 Å². The van der Waals surface area contributed by atoms with Gasteiger partial charge in [0.25, 0.3) is 5.91 Å². The summed E-state index contributed by atoms with van der Waals surface area (Å²) in [5.41, 5.74) is 0.344. The fraction of sp³-hybridized carbons (Fsp3) is 0.333. The van der Waals surface area contributed by atoms with Crippen LogP contribution in [0.3, 0.4) is 0 Å². The van der Waals surface area contributed by atoms with Crippen LogP contribution in [0.25, 0.3) is 11.5 Å². The molecule has 1 saturated heterocycles. The number of carbonyl (C=O) groups is 1. The van der Waals surface area contributed by atoms with Gasteiger partial charge in [0.1, 0.15) is 17.1 Å². The fourth-order valence-electron chi connectivity index (χ4n) is 4.20. The van der Waals surface area contributed by atoms with E-state index in [4.69, 9.17) is 11.6 Å². The van der Waals surface area contributed by atoms with Crippen LogP contribution in [0.1, 0.15) is 40.6 Å². The lowest BCUT2D eigenvalue weighted by molar-refractivity contribution is -0.139. The molecular formula is C18H12ClF4N5OS. The summed E-state index contributed by atoms with van der Waals surface area (Å²) in [6, 6.07) is 0.899. The van der Waals surface area contributed by atoms with Gasteiger partial charge in [0.2, 0.25) is 0 Å². The van der Waals surface area contributed by atoms with Crippen molar-refractivity contribution in [2.75, 3.05) is 0 Å². The normalized spacial score (nSPS) is 20.5. The zero-order chi connectivity index (χ0) is 21.2. The minimum atomic E-state index is -5.01. The number of hydrogen-bond donors (Lipinski definition) is 0. The summed E-state index contributed by atoms with van der Waals surface area (Å²) in [5.74, 6) is -1.05. The molecule has 1 fully saturated rings. The maximum Gasteiger partial charge on any atom is 0.420 e. The van der Waals surface area contributed by atoms with Gasteiger partial charge in [-0.15, -0.1) is 21.5 Å². The van der Waals surface area contributed by atoms with Crippen molar-refractivity contribution in [1.29, 1.82) is 0 Å². The van der Waals surface area contributed by atoms with E-state index in [2.05, 4.69) is 15.2 Å². The Kier molecular flexibility index (Phi) is 4.37.